The maximum Gasteiger partial charge on any atom is 3.00 e. The quantitative estimate of drug-likeness (QED) is 0.170. The molecule has 0 atom stereocenters. The van der Waals surface area contributed by atoms with Gasteiger partial charge in [-0.25, -0.2) is 41.6 Å². The van der Waals surface area contributed by atoms with E-state index in [1.807, 2.05) is 0 Å². The maximum absolute atomic E-state index is 13.1. The van der Waals surface area contributed by atoms with Crippen LogP contribution in [0, 0.1) is 53.1 Å². The molecule has 0 spiro atoms. The molecule has 0 aliphatic carbocycles. The second-order valence-electron chi connectivity index (χ2n) is 7.44. The molecule has 6 aromatic rings. The fraction of sp³-hybridized carbons (Fsp3) is 0. The first-order chi connectivity index (χ1) is 18.8. The topological polar surface area (TPSA) is 53.5 Å². The minimum atomic E-state index is -0.642. The Bertz CT molecular complexity index is 1430. The van der Waals surface area contributed by atoms with Crippen molar-refractivity contribution >= 4 is 0 Å². The third-order valence-electron chi connectivity index (χ3n) is 4.83. The monoisotopic (exact) mass is 730 g/mol. The summed E-state index contributed by atoms with van der Waals surface area (Å²) < 4.78 is 80.7. The van der Waals surface area contributed by atoms with Crippen LogP contribution in [-0.4, -0.2) is 29.3 Å². The van der Waals surface area contributed by atoms with Crippen molar-refractivity contribution in [1.29, 1.82) is 0 Å². The molecule has 0 saturated carbocycles. The van der Waals surface area contributed by atoms with Crippen LogP contribution < -0.4 is 0 Å². The zero-order chi connectivity index (χ0) is 27.8. The van der Waals surface area contributed by atoms with Gasteiger partial charge in [0.15, 0.2) is 17.5 Å². The van der Waals surface area contributed by atoms with Crippen molar-refractivity contribution in [1.82, 2.24) is 29.3 Å². The van der Waals surface area contributed by atoms with E-state index in [1.165, 1.54) is 87.6 Å². The minimum absolute atomic E-state index is 0. The Morgan fingerprint density at radius 2 is 0.725 bits per heavy atom. The van der Waals surface area contributed by atoms with E-state index >= 15 is 0 Å². The number of rotatable bonds is 3. The first-order valence-corrected chi connectivity index (χ1v) is 10.9. The Hall–Kier alpha value is -4.48. The van der Waals surface area contributed by atoms with Crippen LogP contribution in [-0.2, 0) is 20.1 Å². The van der Waals surface area contributed by atoms with Gasteiger partial charge in [-0.3, -0.25) is 14.0 Å². The molecule has 40 heavy (non-hydrogen) atoms. The Morgan fingerprint density at radius 3 is 0.925 bits per heavy atom. The van der Waals surface area contributed by atoms with Gasteiger partial charge in [0.25, 0.3) is 0 Å². The third kappa shape index (κ3) is 7.78. The molecule has 0 N–H and O–H groups in total. The summed E-state index contributed by atoms with van der Waals surface area (Å²) in [6, 6.07) is 18.0. The molecule has 0 radical (unpaired) electrons. The number of hydrogen-bond donors (Lipinski definition) is 0. The summed E-state index contributed by atoms with van der Waals surface area (Å²) in [5.74, 6) is -3.72. The maximum atomic E-state index is 13.1. The number of hydrogen-bond acceptors (Lipinski definition) is 3. The van der Waals surface area contributed by atoms with Crippen LogP contribution in [0.1, 0.15) is 0 Å². The van der Waals surface area contributed by atoms with Gasteiger partial charge in [-0.1, -0.05) is 0 Å². The van der Waals surface area contributed by atoms with Crippen molar-refractivity contribution in [3.05, 3.63) is 145 Å². The second kappa shape index (κ2) is 14.1. The summed E-state index contributed by atoms with van der Waals surface area (Å²) in [6.45, 7) is 0. The SMILES string of the molecule is Fc1ccc(-n2c[c-]cn2)c(F)c1.Fc1ccc(-n2c[c-]cn2)c(F)c1.Fc1ccc(-n2c[c-]cn2)c(F)c1.[Ir+3]. The van der Waals surface area contributed by atoms with Gasteiger partial charge >= 0.3 is 20.1 Å². The molecule has 13 heteroatoms. The molecule has 0 aliphatic heterocycles. The number of aromatic nitrogens is 6. The largest absolute Gasteiger partial charge is 3.00 e. The van der Waals surface area contributed by atoms with E-state index in [2.05, 4.69) is 33.5 Å². The normalized spacial score (nSPS) is 10.1. The molecule has 0 fully saturated rings. The predicted molar refractivity (Wildman–Crippen MR) is 127 cm³/mol. The fourth-order valence-corrected chi connectivity index (χ4v) is 3.09. The van der Waals surface area contributed by atoms with Crippen molar-refractivity contribution in [2.24, 2.45) is 0 Å². The summed E-state index contributed by atoms with van der Waals surface area (Å²) in [7, 11) is 0. The van der Waals surface area contributed by atoms with Crippen molar-refractivity contribution in [3.63, 3.8) is 0 Å². The molecular weight excluding hydrogens is 715 g/mol. The summed E-state index contributed by atoms with van der Waals surface area (Å²) in [6.07, 6.45) is 8.62. The molecule has 3 aromatic heterocycles. The number of halogens is 6. The molecule has 0 unspecified atom stereocenters. The second-order valence-corrected chi connectivity index (χ2v) is 7.44. The average Bonchev–Trinajstić information content (AvgIpc) is 3.69. The van der Waals surface area contributed by atoms with Gasteiger partial charge in [-0.15, -0.1) is 37.2 Å². The van der Waals surface area contributed by atoms with Crippen LogP contribution in [0.4, 0.5) is 26.3 Å². The van der Waals surface area contributed by atoms with E-state index < -0.39 is 34.9 Å². The molecule has 3 aromatic carbocycles. The summed E-state index contributed by atoms with van der Waals surface area (Å²) in [5.41, 5.74) is 0.632. The van der Waals surface area contributed by atoms with Crippen LogP contribution in [0.3, 0.4) is 0 Å². The Balaban J connectivity index is 0.000000163. The molecule has 6 rings (SSSR count). The molecule has 0 saturated heterocycles. The molecule has 3 heterocycles. The smallest absolute Gasteiger partial charge is 0.432 e. The van der Waals surface area contributed by atoms with E-state index in [0.29, 0.717) is 0 Å². The first-order valence-electron chi connectivity index (χ1n) is 10.9. The summed E-state index contributed by atoms with van der Waals surface area (Å²) >= 11 is 0. The predicted octanol–water partition coefficient (Wildman–Crippen LogP) is 5.85. The standard InChI is InChI=1S/3C9H5F2N2.Ir/c3*10-7-2-3-9(8(11)6-7)13-5-1-4-12-13;/h3*2-6H;/q3*-1;+3. The summed E-state index contributed by atoms with van der Waals surface area (Å²) in [4.78, 5) is 0. The van der Waals surface area contributed by atoms with Crippen molar-refractivity contribution < 1.29 is 46.4 Å². The van der Waals surface area contributed by atoms with Gasteiger partial charge in [-0.05, 0) is 36.4 Å². The Labute approximate surface area is 237 Å². The molecule has 204 valence electrons. The van der Waals surface area contributed by atoms with Crippen LogP contribution in [0.15, 0.2) is 91.8 Å². The van der Waals surface area contributed by atoms with Crippen LogP contribution in [0.25, 0.3) is 17.1 Å². The Morgan fingerprint density at radius 1 is 0.450 bits per heavy atom. The van der Waals surface area contributed by atoms with Gasteiger partial charge < -0.3 is 18.2 Å². The zero-order valence-corrected chi connectivity index (χ0v) is 22.3. The summed E-state index contributed by atoms with van der Waals surface area (Å²) in [5, 5.41) is 11.3. The zero-order valence-electron chi connectivity index (χ0n) is 19.9. The van der Waals surface area contributed by atoms with E-state index in [0.717, 1.165) is 18.2 Å². The van der Waals surface area contributed by atoms with Crippen molar-refractivity contribution in [2.75, 3.05) is 0 Å². The van der Waals surface area contributed by atoms with Crippen molar-refractivity contribution in [3.8, 4) is 17.1 Å². The first kappa shape index (κ1) is 30.1. The fourth-order valence-electron chi connectivity index (χ4n) is 3.09. The molecule has 0 aliphatic rings. The minimum Gasteiger partial charge on any atom is -0.432 e. The van der Waals surface area contributed by atoms with Gasteiger partial charge in [0.1, 0.15) is 17.5 Å². The molecular formula is C27H15F6IrN6. The molecule has 6 nitrogen and oxygen atoms in total. The average molecular weight is 730 g/mol. The Kier molecular flexibility index (Phi) is 10.6. The number of benzene rings is 3. The van der Waals surface area contributed by atoms with Gasteiger partial charge in [0, 0.05) is 18.2 Å². The molecule has 0 amide bonds. The van der Waals surface area contributed by atoms with E-state index in [4.69, 9.17) is 0 Å². The van der Waals surface area contributed by atoms with Crippen molar-refractivity contribution in [2.45, 2.75) is 0 Å². The van der Waals surface area contributed by atoms with Gasteiger partial charge in [0.05, 0.1) is 17.1 Å². The van der Waals surface area contributed by atoms with Crippen LogP contribution in [0.2, 0.25) is 0 Å². The van der Waals surface area contributed by atoms with E-state index in [-0.39, 0.29) is 37.2 Å². The number of nitrogens with zero attached hydrogens (tertiary/aromatic N) is 6. The molecule has 0 bridgehead atoms. The third-order valence-corrected chi connectivity index (χ3v) is 4.83. The van der Waals surface area contributed by atoms with Crippen LogP contribution in [0.5, 0.6) is 0 Å². The van der Waals surface area contributed by atoms with Gasteiger partial charge in [-0.2, -0.15) is 0 Å². The van der Waals surface area contributed by atoms with E-state index in [9.17, 15) is 26.3 Å². The van der Waals surface area contributed by atoms with E-state index in [1.54, 1.807) is 0 Å². The van der Waals surface area contributed by atoms with Crippen LogP contribution >= 0.6 is 0 Å². The van der Waals surface area contributed by atoms with Gasteiger partial charge in [0.2, 0.25) is 0 Å².